The molecule has 0 aliphatic heterocycles. The van der Waals surface area contributed by atoms with Crippen molar-refractivity contribution >= 4 is 10.0 Å². The number of furan rings is 1. The molecular weight excluding hydrogens is 280 g/mol. The molecule has 0 fully saturated rings. The first-order chi connectivity index (χ1) is 9.50. The van der Waals surface area contributed by atoms with E-state index >= 15 is 0 Å². The predicted molar refractivity (Wildman–Crippen MR) is 73.2 cm³/mol. The van der Waals surface area contributed by atoms with E-state index in [0.717, 1.165) is 5.56 Å². The van der Waals surface area contributed by atoms with E-state index in [4.69, 9.17) is 9.56 Å². The third kappa shape index (κ3) is 3.67. The fraction of sp³-hybridized carbons (Fsp3) is 0.231. The molecule has 0 amide bonds. The van der Waals surface area contributed by atoms with Gasteiger partial charge < -0.3 is 14.8 Å². The van der Waals surface area contributed by atoms with E-state index < -0.39 is 10.0 Å². The number of sulfonamides is 1. The van der Waals surface area contributed by atoms with Gasteiger partial charge in [0.1, 0.15) is 5.76 Å². The summed E-state index contributed by atoms with van der Waals surface area (Å²) >= 11 is 0. The Balaban J connectivity index is 2.02. The number of rotatable bonds is 6. The molecule has 0 saturated heterocycles. The molecule has 0 bridgehead atoms. The van der Waals surface area contributed by atoms with Gasteiger partial charge in [0.25, 0.3) is 10.0 Å². The van der Waals surface area contributed by atoms with Gasteiger partial charge in [-0.05, 0) is 17.7 Å². The van der Waals surface area contributed by atoms with Gasteiger partial charge in [0.15, 0.2) is 0 Å². The Kier molecular flexibility index (Phi) is 4.56. The Bertz CT molecular complexity index is 652. The predicted octanol–water partition coefficient (Wildman–Crippen LogP) is 0.750. The third-order valence-electron chi connectivity index (χ3n) is 2.82. The molecule has 6 nitrogen and oxygen atoms in total. The lowest BCUT2D eigenvalue weighted by atomic mass is 10.1. The number of hydrogen-bond acceptors (Lipinski definition) is 5. The van der Waals surface area contributed by atoms with Crippen molar-refractivity contribution in [3.05, 3.63) is 53.8 Å². The largest absolute Gasteiger partial charge is 0.447 e. The van der Waals surface area contributed by atoms with Gasteiger partial charge in [-0.25, -0.2) is 13.6 Å². The molecule has 4 N–H and O–H groups in total. The molecule has 0 spiro atoms. The van der Waals surface area contributed by atoms with Crippen LogP contribution in [0.4, 0.5) is 0 Å². The number of nitrogens with two attached hydrogens (primary N) is 1. The standard InChI is InChI=1S/C13H16N2O4S/c14-20(17,18)13-7-6-11(19-13)8-15-12(9-16)10-4-2-1-3-5-10/h1-7,12,15-16H,8-9H2,(H2,14,17,18)/t12-/m0/s1. The Labute approximate surface area is 117 Å². The lowest BCUT2D eigenvalue weighted by Gasteiger charge is -2.15. The van der Waals surface area contributed by atoms with E-state index in [9.17, 15) is 13.5 Å². The van der Waals surface area contributed by atoms with E-state index in [1.54, 1.807) is 0 Å². The molecule has 1 aromatic carbocycles. The van der Waals surface area contributed by atoms with Crippen LogP contribution in [0.3, 0.4) is 0 Å². The maximum Gasteiger partial charge on any atom is 0.271 e. The summed E-state index contributed by atoms with van der Waals surface area (Å²) in [6, 6.07) is 12.0. The molecule has 20 heavy (non-hydrogen) atoms. The minimum atomic E-state index is -3.82. The van der Waals surface area contributed by atoms with Crippen molar-refractivity contribution < 1.29 is 17.9 Å². The zero-order valence-electron chi connectivity index (χ0n) is 10.7. The van der Waals surface area contributed by atoms with Crippen molar-refractivity contribution in [3.8, 4) is 0 Å². The van der Waals surface area contributed by atoms with Crippen LogP contribution in [0.2, 0.25) is 0 Å². The van der Waals surface area contributed by atoms with Crippen LogP contribution in [-0.4, -0.2) is 20.1 Å². The van der Waals surface area contributed by atoms with Gasteiger partial charge >= 0.3 is 0 Å². The lowest BCUT2D eigenvalue weighted by Crippen LogP contribution is -2.23. The van der Waals surface area contributed by atoms with Crippen molar-refractivity contribution in [2.24, 2.45) is 5.14 Å². The normalized spacial score (nSPS) is 13.3. The summed E-state index contributed by atoms with van der Waals surface area (Å²) in [5.74, 6) is 0.434. The van der Waals surface area contributed by atoms with Gasteiger partial charge in [-0.1, -0.05) is 30.3 Å². The molecule has 0 aliphatic rings. The van der Waals surface area contributed by atoms with Crippen LogP contribution in [0.5, 0.6) is 0 Å². The Hall–Kier alpha value is -1.67. The molecule has 0 unspecified atom stereocenters. The fourth-order valence-corrected chi connectivity index (χ4v) is 2.28. The van der Waals surface area contributed by atoms with E-state index in [2.05, 4.69) is 5.32 Å². The first kappa shape index (κ1) is 14.7. The third-order valence-corrected chi connectivity index (χ3v) is 3.60. The Morgan fingerprint density at radius 2 is 1.90 bits per heavy atom. The molecular formula is C13H16N2O4S. The molecule has 108 valence electrons. The van der Waals surface area contributed by atoms with Gasteiger partial charge in [0.05, 0.1) is 19.2 Å². The van der Waals surface area contributed by atoms with Crippen molar-refractivity contribution in [3.63, 3.8) is 0 Å². The number of aliphatic hydroxyl groups excluding tert-OH is 1. The van der Waals surface area contributed by atoms with Gasteiger partial charge in [-0.2, -0.15) is 0 Å². The highest BCUT2D eigenvalue weighted by Crippen LogP contribution is 2.15. The van der Waals surface area contributed by atoms with Crippen molar-refractivity contribution in [1.82, 2.24) is 5.32 Å². The van der Waals surface area contributed by atoms with Crippen LogP contribution in [0.15, 0.2) is 52.0 Å². The second-order valence-corrected chi connectivity index (χ2v) is 5.78. The number of benzene rings is 1. The number of primary sulfonamides is 1. The van der Waals surface area contributed by atoms with E-state index in [1.807, 2.05) is 30.3 Å². The summed E-state index contributed by atoms with van der Waals surface area (Å²) in [5.41, 5.74) is 0.938. The van der Waals surface area contributed by atoms with Gasteiger partial charge in [-0.15, -0.1) is 0 Å². The molecule has 1 heterocycles. The monoisotopic (exact) mass is 296 g/mol. The SMILES string of the molecule is NS(=O)(=O)c1ccc(CN[C@@H](CO)c2ccccc2)o1. The van der Waals surface area contributed by atoms with Crippen LogP contribution in [0.1, 0.15) is 17.4 Å². The first-order valence-corrected chi connectivity index (χ1v) is 7.56. The number of hydrogen-bond donors (Lipinski definition) is 3. The zero-order chi connectivity index (χ0) is 14.6. The highest BCUT2D eigenvalue weighted by molar-refractivity contribution is 7.89. The smallest absolute Gasteiger partial charge is 0.271 e. The van der Waals surface area contributed by atoms with Crippen molar-refractivity contribution in [2.45, 2.75) is 17.7 Å². The Morgan fingerprint density at radius 1 is 1.20 bits per heavy atom. The topological polar surface area (TPSA) is 106 Å². The molecule has 1 aromatic heterocycles. The van der Waals surface area contributed by atoms with Crippen molar-refractivity contribution in [1.29, 1.82) is 0 Å². The van der Waals surface area contributed by atoms with Crippen molar-refractivity contribution in [2.75, 3.05) is 6.61 Å². The quantitative estimate of drug-likeness (QED) is 0.729. The zero-order valence-corrected chi connectivity index (χ0v) is 11.5. The molecule has 0 radical (unpaired) electrons. The second kappa shape index (κ2) is 6.19. The molecule has 0 aliphatic carbocycles. The van der Waals surface area contributed by atoms with Crippen LogP contribution in [-0.2, 0) is 16.6 Å². The lowest BCUT2D eigenvalue weighted by molar-refractivity contribution is 0.239. The number of nitrogens with one attached hydrogen (secondary N) is 1. The van der Waals surface area contributed by atoms with Crippen LogP contribution >= 0.6 is 0 Å². The first-order valence-electron chi connectivity index (χ1n) is 6.01. The van der Waals surface area contributed by atoms with Gasteiger partial charge in [-0.3, -0.25) is 0 Å². The van der Waals surface area contributed by atoms with E-state index in [0.29, 0.717) is 5.76 Å². The fourth-order valence-electron chi connectivity index (χ4n) is 1.80. The average molecular weight is 296 g/mol. The summed E-state index contributed by atoms with van der Waals surface area (Å²) in [6.07, 6.45) is 0. The van der Waals surface area contributed by atoms with Gasteiger partial charge in [0, 0.05) is 0 Å². The van der Waals surface area contributed by atoms with E-state index in [1.165, 1.54) is 12.1 Å². The summed E-state index contributed by atoms with van der Waals surface area (Å²) < 4.78 is 27.3. The molecule has 7 heteroatoms. The summed E-state index contributed by atoms with van der Waals surface area (Å²) in [4.78, 5) is 0. The highest BCUT2D eigenvalue weighted by Gasteiger charge is 2.14. The minimum absolute atomic E-state index is 0.0766. The number of aliphatic hydroxyl groups is 1. The molecule has 1 atom stereocenters. The van der Waals surface area contributed by atoms with Crippen LogP contribution in [0.25, 0.3) is 0 Å². The molecule has 2 rings (SSSR count). The maximum atomic E-state index is 11.1. The molecule has 2 aromatic rings. The highest BCUT2D eigenvalue weighted by atomic mass is 32.2. The second-order valence-electron chi connectivity index (χ2n) is 4.29. The van der Waals surface area contributed by atoms with Crippen LogP contribution in [0, 0.1) is 0 Å². The summed E-state index contributed by atoms with van der Waals surface area (Å²) in [5, 5.41) is 17.2. The van der Waals surface area contributed by atoms with Crippen LogP contribution < -0.4 is 10.5 Å². The maximum absolute atomic E-state index is 11.1. The molecule has 0 saturated carbocycles. The van der Waals surface area contributed by atoms with E-state index in [-0.39, 0.29) is 24.3 Å². The summed E-state index contributed by atoms with van der Waals surface area (Å²) in [7, 11) is -3.82. The summed E-state index contributed by atoms with van der Waals surface area (Å²) in [6.45, 7) is 0.211. The average Bonchev–Trinajstić information content (AvgIpc) is 2.89. The van der Waals surface area contributed by atoms with Gasteiger partial charge in [0.2, 0.25) is 5.09 Å². The Morgan fingerprint density at radius 3 is 2.45 bits per heavy atom. The minimum Gasteiger partial charge on any atom is -0.447 e.